The van der Waals surface area contributed by atoms with E-state index in [4.69, 9.17) is 9.47 Å². The topological polar surface area (TPSA) is 45.3 Å². The van der Waals surface area contributed by atoms with Crippen LogP contribution in [0.5, 0.6) is 0 Å². The van der Waals surface area contributed by atoms with Crippen LogP contribution >= 0.6 is 0 Å². The number of halogens is 2. The minimum atomic E-state index is -2.26. The molecule has 4 aliphatic rings. The largest absolute Gasteiger partial charge is 0.446 e. The van der Waals surface area contributed by atoms with Crippen LogP contribution in [0.2, 0.25) is 0 Å². The van der Waals surface area contributed by atoms with Gasteiger partial charge in [0.15, 0.2) is 0 Å². The lowest BCUT2D eigenvalue weighted by Gasteiger charge is -2.53. The number of likely N-dealkylation sites (tertiary alicyclic amines) is 2. The Balaban J connectivity index is 1.18. The molecule has 1 amide bonds. The molecule has 2 spiro atoms. The Morgan fingerprint density at radius 1 is 1.17 bits per heavy atom. The van der Waals surface area contributed by atoms with Crippen LogP contribution in [0.3, 0.4) is 0 Å². The molecule has 5 nitrogen and oxygen atoms in total. The van der Waals surface area contributed by atoms with Gasteiger partial charge in [-0.2, -0.15) is 0 Å². The van der Waals surface area contributed by atoms with Gasteiger partial charge in [0.2, 0.25) is 0 Å². The van der Waals surface area contributed by atoms with Crippen molar-refractivity contribution in [3.8, 4) is 0 Å². The van der Waals surface area contributed by atoms with Crippen molar-refractivity contribution in [2.75, 3.05) is 39.3 Å². The van der Waals surface area contributed by atoms with Crippen molar-refractivity contribution in [2.45, 2.75) is 56.7 Å². The number of rotatable bonds is 3. The van der Waals surface area contributed by atoms with Crippen molar-refractivity contribution in [2.24, 2.45) is 5.41 Å². The number of carbonyl (C=O) groups excluding carboxylic acids is 1. The molecule has 0 aromatic rings. The number of hydrogen-bond acceptors (Lipinski definition) is 4. The molecule has 136 valence electrons. The van der Waals surface area contributed by atoms with E-state index in [2.05, 4.69) is 0 Å². The average molecular weight is 344 g/mol. The van der Waals surface area contributed by atoms with E-state index >= 15 is 0 Å². The van der Waals surface area contributed by atoms with Gasteiger partial charge >= 0.3 is 6.09 Å². The van der Waals surface area contributed by atoms with Crippen LogP contribution in [-0.2, 0) is 9.47 Å². The van der Waals surface area contributed by atoms with Crippen LogP contribution in [0.25, 0.3) is 0 Å². The monoisotopic (exact) mass is 344 g/mol. The molecule has 1 saturated carbocycles. The normalized spacial score (nSPS) is 35.3. The highest BCUT2D eigenvalue weighted by atomic mass is 19.3. The number of amides is 1. The molecule has 7 heteroatoms. The molecule has 1 aliphatic carbocycles. The second-order valence-corrected chi connectivity index (χ2v) is 8.10. The number of nitrogens with zero attached hydrogens (tertiary/aromatic N) is 2. The van der Waals surface area contributed by atoms with Gasteiger partial charge < -0.3 is 14.4 Å². The summed E-state index contributed by atoms with van der Waals surface area (Å²) in [5.74, 6) is 0. The van der Waals surface area contributed by atoms with Crippen molar-refractivity contribution in [1.29, 1.82) is 0 Å². The molecule has 3 heterocycles. The highest BCUT2D eigenvalue weighted by Crippen LogP contribution is 2.43. The third-order valence-corrected chi connectivity index (χ3v) is 6.29. The van der Waals surface area contributed by atoms with Crippen LogP contribution in [-0.4, -0.2) is 73.4 Å². The summed E-state index contributed by atoms with van der Waals surface area (Å²) in [5.41, 5.74) is 0.256. The summed E-state index contributed by atoms with van der Waals surface area (Å²) in [6.45, 7) is 3.58. The Kier molecular flexibility index (Phi) is 4.19. The van der Waals surface area contributed by atoms with Gasteiger partial charge in [-0.1, -0.05) is 0 Å². The first kappa shape index (κ1) is 16.5. The number of epoxide rings is 1. The Labute approximate surface area is 141 Å². The fraction of sp³-hybridized carbons (Fsp3) is 0.941. The Bertz CT molecular complexity index is 472. The van der Waals surface area contributed by atoms with E-state index in [1.807, 2.05) is 4.90 Å². The molecule has 0 atom stereocenters. The number of carbonyl (C=O) groups is 1. The van der Waals surface area contributed by atoms with Crippen LogP contribution in [0, 0.1) is 5.41 Å². The van der Waals surface area contributed by atoms with E-state index in [0.717, 1.165) is 45.1 Å². The molecule has 3 aliphatic heterocycles. The molecule has 0 bridgehead atoms. The molecule has 0 N–H and O–H groups in total. The molecule has 0 aromatic heterocycles. The maximum absolute atomic E-state index is 12.4. The average Bonchev–Trinajstić information content (AvgIpc) is 3.27. The second-order valence-electron chi connectivity index (χ2n) is 8.10. The summed E-state index contributed by atoms with van der Waals surface area (Å²) in [7, 11) is 0. The van der Waals surface area contributed by atoms with E-state index in [1.165, 1.54) is 0 Å². The van der Waals surface area contributed by atoms with Gasteiger partial charge in [-0.05, 0) is 51.6 Å². The van der Waals surface area contributed by atoms with E-state index in [-0.39, 0.29) is 29.8 Å². The SMILES string of the molecule is O=C(OC1CCC2(CC1)CO2)N1CC2(CCN(CC(F)F)CC2)C1. The molecular weight excluding hydrogens is 318 g/mol. The van der Waals surface area contributed by atoms with Gasteiger partial charge in [0, 0.05) is 18.5 Å². The van der Waals surface area contributed by atoms with Crippen molar-refractivity contribution >= 4 is 6.09 Å². The van der Waals surface area contributed by atoms with Gasteiger partial charge in [-0.25, -0.2) is 13.6 Å². The van der Waals surface area contributed by atoms with Crippen LogP contribution in [0.1, 0.15) is 38.5 Å². The van der Waals surface area contributed by atoms with Gasteiger partial charge in [-0.15, -0.1) is 0 Å². The fourth-order valence-corrected chi connectivity index (χ4v) is 4.46. The molecule has 24 heavy (non-hydrogen) atoms. The minimum absolute atomic E-state index is 0.0248. The summed E-state index contributed by atoms with van der Waals surface area (Å²) < 4.78 is 36.0. The molecule has 0 aromatic carbocycles. The van der Waals surface area contributed by atoms with Gasteiger partial charge in [0.1, 0.15) is 6.10 Å². The van der Waals surface area contributed by atoms with Gasteiger partial charge in [0.05, 0.1) is 18.8 Å². The highest BCUT2D eigenvalue weighted by Gasteiger charge is 2.50. The molecule has 3 saturated heterocycles. The van der Waals surface area contributed by atoms with Gasteiger partial charge in [0.25, 0.3) is 6.43 Å². The smallest absolute Gasteiger partial charge is 0.410 e. The predicted octanol–water partition coefficient (Wildman–Crippen LogP) is 2.50. The molecule has 4 rings (SSSR count). The third kappa shape index (κ3) is 3.38. The van der Waals surface area contributed by atoms with Crippen LogP contribution in [0.4, 0.5) is 13.6 Å². The van der Waals surface area contributed by atoms with E-state index in [0.29, 0.717) is 26.2 Å². The molecular formula is C17H26F2N2O3. The van der Waals surface area contributed by atoms with Crippen molar-refractivity contribution in [1.82, 2.24) is 9.80 Å². The zero-order chi connectivity index (χ0) is 16.8. The number of alkyl halides is 2. The lowest BCUT2D eigenvalue weighted by atomic mass is 9.72. The lowest BCUT2D eigenvalue weighted by molar-refractivity contribution is -0.0593. The minimum Gasteiger partial charge on any atom is -0.446 e. The Morgan fingerprint density at radius 2 is 1.79 bits per heavy atom. The summed E-state index contributed by atoms with van der Waals surface area (Å²) in [6.07, 6.45) is 3.14. The zero-order valence-electron chi connectivity index (χ0n) is 14.0. The van der Waals surface area contributed by atoms with Crippen molar-refractivity contribution in [3.05, 3.63) is 0 Å². The molecule has 4 fully saturated rings. The van der Waals surface area contributed by atoms with E-state index < -0.39 is 6.43 Å². The number of hydrogen-bond donors (Lipinski definition) is 0. The second kappa shape index (κ2) is 6.09. The van der Waals surface area contributed by atoms with Crippen LogP contribution < -0.4 is 0 Å². The lowest BCUT2D eigenvalue weighted by Crippen LogP contribution is -2.62. The summed E-state index contributed by atoms with van der Waals surface area (Å²) in [6, 6.07) is 0. The van der Waals surface area contributed by atoms with Gasteiger partial charge in [-0.3, -0.25) is 4.90 Å². The van der Waals surface area contributed by atoms with Crippen molar-refractivity contribution < 1.29 is 23.0 Å². The highest BCUT2D eigenvalue weighted by molar-refractivity contribution is 5.69. The summed E-state index contributed by atoms with van der Waals surface area (Å²) >= 11 is 0. The van der Waals surface area contributed by atoms with E-state index in [9.17, 15) is 13.6 Å². The summed E-state index contributed by atoms with van der Waals surface area (Å²) in [4.78, 5) is 15.9. The quantitative estimate of drug-likeness (QED) is 0.738. The standard InChI is InChI=1S/C17H26F2N2O3/c18-14(19)9-20-7-5-16(6-8-20)10-21(11-16)15(22)24-13-1-3-17(4-2-13)12-23-17/h13-14H,1-12H2. The molecule has 0 unspecified atom stereocenters. The number of ether oxygens (including phenoxy) is 2. The first-order valence-electron chi connectivity index (χ1n) is 9.08. The predicted molar refractivity (Wildman–Crippen MR) is 83.1 cm³/mol. The van der Waals surface area contributed by atoms with Crippen molar-refractivity contribution in [3.63, 3.8) is 0 Å². The Morgan fingerprint density at radius 3 is 2.33 bits per heavy atom. The fourth-order valence-electron chi connectivity index (χ4n) is 4.46. The van der Waals surface area contributed by atoms with E-state index in [1.54, 1.807) is 4.90 Å². The Hall–Kier alpha value is -0.950. The first-order chi connectivity index (χ1) is 11.5. The molecule has 0 radical (unpaired) electrons. The maximum Gasteiger partial charge on any atom is 0.410 e. The zero-order valence-corrected chi connectivity index (χ0v) is 14.0. The first-order valence-corrected chi connectivity index (χ1v) is 9.08. The summed E-state index contributed by atoms with van der Waals surface area (Å²) in [5, 5.41) is 0. The maximum atomic E-state index is 12.4. The van der Waals surface area contributed by atoms with Crippen LogP contribution in [0.15, 0.2) is 0 Å². The number of piperidine rings is 1. The third-order valence-electron chi connectivity index (χ3n) is 6.29.